The molecule has 0 spiro atoms. The summed E-state index contributed by atoms with van der Waals surface area (Å²) >= 11 is 0. The van der Waals surface area contributed by atoms with E-state index in [-0.39, 0.29) is 32.9 Å². The van der Waals surface area contributed by atoms with E-state index in [4.69, 9.17) is 23.0 Å². The Hall–Kier alpha value is -3.58. The average molecular weight is 434 g/mol. The Morgan fingerprint density at radius 2 is 1.52 bits per heavy atom. The lowest BCUT2D eigenvalue weighted by Gasteiger charge is -2.18. The monoisotopic (exact) mass is 434 g/mol. The smallest absolute Gasteiger partial charge is 0.344 e. The molecule has 162 valence electrons. The van der Waals surface area contributed by atoms with E-state index < -0.39 is 58.9 Å². The third kappa shape index (κ3) is 2.56. The third-order valence-corrected chi connectivity index (χ3v) is 5.16. The molecule has 0 radical (unpaired) electrons. The van der Waals surface area contributed by atoms with Crippen LogP contribution < -0.4 is 20.7 Å². The van der Waals surface area contributed by atoms with Crippen LogP contribution in [0.5, 0.6) is 23.0 Å². The van der Waals surface area contributed by atoms with Crippen LogP contribution in [-0.2, 0) is 4.74 Å². The largest absolute Gasteiger partial charge is 0.504 e. The maximum absolute atomic E-state index is 12.7. The minimum absolute atomic E-state index is 0.0111. The quantitative estimate of drug-likeness (QED) is 0.209. The highest BCUT2D eigenvalue weighted by Gasteiger charge is 2.44. The van der Waals surface area contributed by atoms with E-state index >= 15 is 0 Å². The number of hydrogen-bond acceptors (Lipinski definition) is 12. The fourth-order valence-corrected chi connectivity index (χ4v) is 3.70. The zero-order valence-corrected chi connectivity index (χ0v) is 15.6. The average Bonchev–Trinajstić information content (AvgIpc) is 2.96. The molecule has 5 rings (SSSR count). The molecular formula is C19H14O12. The van der Waals surface area contributed by atoms with Crippen molar-refractivity contribution in [3.63, 3.8) is 0 Å². The van der Waals surface area contributed by atoms with E-state index in [2.05, 4.69) is 0 Å². The van der Waals surface area contributed by atoms with Crippen molar-refractivity contribution in [2.45, 2.75) is 24.8 Å². The minimum Gasteiger partial charge on any atom is -0.504 e. The molecule has 4 aromatic rings. The van der Waals surface area contributed by atoms with Crippen molar-refractivity contribution >= 4 is 32.7 Å². The number of ether oxygens (including phenoxy) is 3. The topological polar surface area (TPSA) is 189 Å². The second kappa shape index (κ2) is 6.46. The highest BCUT2D eigenvalue weighted by molar-refractivity contribution is 6.22. The summed E-state index contributed by atoms with van der Waals surface area (Å²) in [6.07, 6.45) is -6.67. The fraction of sp³-hybridized carbons (Fsp3) is 0.263. The summed E-state index contributed by atoms with van der Waals surface area (Å²) in [6.45, 7) is 0. The van der Waals surface area contributed by atoms with Crippen molar-refractivity contribution in [3.05, 3.63) is 33.0 Å². The van der Waals surface area contributed by atoms with Gasteiger partial charge in [0.15, 0.2) is 29.0 Å². The van der Waals surface area contributed by atoms with Gasteiger partial charge in [-0.3, -0.25) is 0 Å². The Labute approximate surface area is 170 Å². The van der Waals surface area contributed by atoms with Crippen molar-refractivity contribution < 1.29 is 48.6 Å². The third-order valence-electron chi connectivity index (χ3n) is 5.16. The van der Waals surface area contributed by atoms with Crippen molar-refractivity contribution in [1.29, 1.82) is 0 Å². The standard InChI is InChI=1S/C19H14O12/c1-27-13-6(20)2-4-9-8-5(17(25)30-15(9)13)3-7(10(21)14(8)29-16(4)24)28-19-12(23)11(22)18(26)31-19/h2-3,11-12,18-23,26H,1H3/t11-,12+,18-,19+/m0/s1. The highest BCUT2D eigenvalue weighted by Crippen LogP contribution is 2.45. The van der Waals surface area contributed by atoms with E-state index in [1.54, 1.807) is 0 Å². The van der Waals surface area contributed by atoms with Crippen LogP contribution in [0.25, 0.3) is 32.7 Å². The first-order chi connectivity index (χ1) is 14.7. The van der Waals surface area contributed by atoms with Crippen LogP contribution in [0, 0.1) is 0 Å². The van der Waals surface area contributed by atoms with Crippen molar-refractivity contribution in [1.82, 2.24) is 0 Å². The molecule has 0 amide bonds. The van der Waals surface area contributed by atoms with E-state index in [9.17, 15) is 35.1 Å². The number of hydrogen-bond donors (Lipinski definition) is 5. The molecule has 31 heavy (non-hydrogen) atoms. The summed E-state index contributed by atoms with van der Waals surface area (Å²) < 4.78 is 25.7. The lowest BCUT2D eigenvalue weighted by molar-refractivity contribution is -0.171. The molecule has 2 aromatic carbocycles. The molecule has 12 heteroatoms. The van der Waals surface area contributed by atoms with Gasteiger partial charge in [-0.15, -0.1) is 0 Å². The number of aromatic hydroxyl groups is 2. The van der Waals surface area contributed by atoms with Gasteiger partial charge in [-0.05, 0) is 12.1 Å². The Morgan fingerprint density at radius 1 is 0.903 bits per heavy atom. The maximum atomic E-state index is 12.7. The first kappa shape index (κ1) is 19.4. The van der Waals surface area contributed by atoms with Crippen LogP contribution in [0.2, 0.25) is 0 Å². The van der Waals surface area contributed by atoms with Gasteiger partial charge in [0.2, 0.25) is 17.8 Å². The maximum Gasteiger partial charge on any atom is 0.344 e. The molecule has 0 saturated carbocycles. The summed E-state index contributed by atoms with van der Waals surface area (Å²) in [5.74, 6) is -1.80. The number of phenolic OH excluding ortho intramolecular Hbond substituents is 2. The normalized spacial score (nSPS) is 23.9. The van der Waals surface area contributed by atoms with E-state index in [1.807, 2.05) is 0 Å². The second-order valence-electron chi connectivity index (χ2n) is 6.93. The predicted octanol–water partition coefficient (Wildman–Crippen LogP) is -0.315. The number of phenols is 2. The molecule has 1 saturated heterocycles. The van der Waals surface area contributed by atoms with Crippen molar-refractivity contribution in [2.75, 3.05) is 7.11 Å². The van der Waals surface area contributed by atoms with E-state index in [0.717, 1.165) is 12.1 Å². The first-order valence-electron chi connectivity index (χ1n) is 8.87. The van der Waals surface area contributed by atoms with Crippen LogP contribution in [0.4, 0.5) is 0 Å². The summed E-state index contributed by atoms with van der Waals surface area (Å²) in [7, 11) is 1.23. The lowest BCUT2D eigenvalue weighted by Crippen LogP contribution is -2.34. The van der Waals surface area contributed by atoms with Crippen LogP contribution in [-0.4, -0.2) is 57.4 Å². The van der Waals surface area contributed by atoms with Gasteiger partial charge in [0.1, 0.15) is 12.2 Å². The van der Waals surface area contributed by atoms with Gasteiger partial charge >= 0.3 is 11.3 Å². The van der Waals surface area contributed by atoms with Gasteiger partial charge in [0, 0.05) is 10.8 Å². The molecule has 1 aliphatic heterocycles. The van der Waals surface area contributed by atoms with E-state index in [0.29, 0.717) is 0 Å². The van der Waals surface area contributed by atoms with Crippen LogP contribution in [0.3, 0.4) is 0 Å². The fourth-order valence-electron chi connectivity index (χ4n) is 3.70. The van der Waals surface area contributed by atoms with E-state index in [1.165, 1.54) is 7.11 Å². The molecule has 2 aromatic heterocycles. The molecule has 5 N–H and O–H groups in total. The van der Waals surface area contributed by atoms with Crippen molar-refractivity contribution in [2.24, 2.45) is 0 Å². The zero-order valence-electron chi connectivity index (χ0n) is 15.6. The van der Waals surface area contributed by atoms with Gasteiger partial charge < -0.3 is 48.6 Å². The molecule has 0 bridgehead atoms. The molecule has 1 aliphatic rings. The Morgan fingerprint density at radius 3 is 2.13 bits per heavy atom. The van der Waals surface area contributed by atoms with Gasteiger partial charge in [0.25, 0.3) is 0 Å². The molecule has 4 atom stereocenters. The Kier molecular flexibility index (Phi) is 4.04. The number of methoxy groups -OCH3 is 1. The molecule has 1 fully saturated rings. The number of rotatable bonds is 3. The Balaban J connectivity index is 1.83. The zero-order chi connectivity index (χ0) is 22.2. The molecule has 3 heterocycles. The predicted molar refractivity (Wildman–Crippen MR) is 101 cm³/mol. The highest BCUT2D eigenvalue weighted by atomic mass is 16.8. The first-order valence-corrected chi connectivity index (χ1v) is 8.87. The van der Waals surface area contributed by atoms with Crippen LogP contribution in [0.15, 0.2) is 30.6 Å². The van der Waals surface area contributed by atoms with Gasteiger partial charge in [0.05, 0.1) is 17.9 Å². The minimum atomic E-state index is -1.74. The molecule has 0 unspecified atom stereocenters. The van der Waals surface area contributed by atoms with Gasteiger partial charge in [-0.1, -0.05) is 0 Å². The molecular weight excluding hydrogens is 420 g/mol. The second-order valence-corrected chi connectivity index (χ2v) is 6.93. The number of aliphatic hydroxyl groups excluding tert-OH is 3. The summed E-state index contributed by atoms with van der Waals surface area (Å²) in [5, 5.41) is 49.6. The molecule has 12 nitrogen and oxygen atoms in total. The SMILES string of the molecule is COc1c(O)cc2c(=O)oc3c(O)c(O[C@@H]4O[C@H](O)[C@@H](O)[C@H]4O)cc4c(=O)oc1c2c34. The van der Waals surface area contributed by atoms with Crippen LogP contribution >= 0.6 is 0 Å². The van der Waals surface area contributed by atoms with Crippen LogP contribution in [0.1, 0.15) is 0 Å². The van der Waals surface area contributed by atoms with Crippen molar-refractivity contribution in [3.8, 4) is 23.0 Å². The summed E-state index contributed by atoms with van der Waals surface area (Å²) in [4.78, 5) is 25.2. The van der Waals surface area contributed by atoms with Gasteiger partial charge in [-0.25, -0.2) is 9.59 Å². The number of aliphatic hydroxyl groups is 3. The number of benzene rings is 2. The van der Waals surface area contributed by atoms with Gasteiger partial charge in [-0.2, -0.15) is 0 Å². The summed E-state index contributed by atoms with van der Waals surface area (Å²) in [5.41, 5.74) is -2.54. The summed E-state index contributed by atoms with van der Waals surface area (Å²) in [6, 6.07) is 2.15. The lowest BCUT2D eigenvalue weighted by atomic mass is 10.0. The Bertz CT molecular complexity index is 1450. The molecule has 0 aliphatic carbocycles.